The lowest BCUT2D eigenvalue weighted by Gasteiger charge is -2.06. The monoisotopic (exact) mass is 311 g/mol. The Labute approximate surface area is 110 Å². The molecule has 18 heavy (non-hydrogen) atoms. The Morgan fingerprint density at radius 2 is 2.00 bits per heavy atom. The number of nitro groups is 1. The number of hydrogen-bond donors (Lipinski definition) is 0. The van der Waals surface area contributed by atoms with E-state index in [1.807, 2.05) is 0 Å². The molecule has 0 spiro atoms. The van der Waals surface area contributed by atoms with Gasteiger partial charge in [-0.05, 0) is 30.3 Å². The molecule has 0 heterocycles. The zero-order valence-corrected chi connectivity index (χ0v) is 10.6. The zero-order chi connectivity index (χ0) is 13.1. The second-order valence-corrected chi connectivity index (χ2v) is 4.34. The summed E-state index contributed by atoms with van der Waals surface area (Å²) in [4.78, 5) is 10.1. The van der Waals surface area contributed by atoms with Gasteiger partial charge in [0.1, 0.15) is 11.6 Å². The molecular formula is C12H7BrFNO3. The maximum absolute atomic E-state index is 12.9. The largest absolute Gasteiger partial charge is 0.450 e. The summed E-state index contributed by atoms with van der Waals surface area (Å²) in [5.41, 5.74) is -0.407. The van der Waals surface area contributed by atoms with Crippen LogP contribution in [0.4, 0.5) is 10.1 Å². The highest BCUT2D eigenvalue weighted by Crippen LogP contribution is 2.32. The van der Waals surface area contributed by atoms with Crippen molar-refractivity contribution < 1.29 is 14.1 Å². The smallest absolute Gasteiger partial charge is 0.314 e. The van der Waals surface area contributed by atoms with Crippen molar-refractivity contribution in [2.24, 2.45) is 0 Å². The summed E-state index contributed by atoms with van der Waals surface area (Å²) >= 11 is 3.26. The summed E-state index contributed by atoms with van der Waals surface area (Å²) in [5, 5.41) is 10.8. The summed E-state index contributed by atoms with van der Waals surface area (Å²) in [6.45, 7) is 0. The number of ether oxygens (including phenoxy) is 1. The molecule has 92 valence electrons. The second kappa shape index (κ2) is 5.14. The molecule has 6 heteroatoms. The van der Waals surface area contributed by atoms with Crippen molar-refractivity contribution in [1.29, 1.82) is 0 Å². The number of rotatable bonds is 3. The summed E-state index contributed by atoms with van der Waals surface area (Å²) in [5.74, 6) is -0.248. The fourth-order valence-electron chi connectivity index (χ4n) is 1.38. The molecule has 0 fully saturated rings. The summed E-state index contributed by atoms with van der Waals surface area (Å²) in [6, 6.07) is 10.0. The molecule has 0 saturated carbocycles. The van der Waals surface area contributed by atoms with Crippen LogP contribution in [0.25, 0.3) is 0 Å². The summed E-state index contributed by atoms with van der Waals surface area (Å²) in [7, 11) is 0. The van der Waals surface area contributed by atoms with E-state index in [1.165, 1.54) is 6.07 Å². The average Bonchev–Trinajstić information content (AvgIpc) is 2.31. The van der Waals surface area contributed by atoms with E-state index in [9.17, 15) is 14.5 Å². The average molecular weight is 312 g/mol. The van der Waals surface area contributed by atoms with Crippen molar-refractivity contribution in [2.45, 2.75) is 0 Å². The summed E-state index contributed by atoms with van der Waals surface area (Å²) in [6.07, 6.45) is 0. The van der Waals surface area contributed by atoms with Crippen LogP contribution in [0.1, 0.15) is 0 Å². The van der Waals surface area contributed by atoms with Crippen molar-refractivity contribution in [3.05, 3.63) is 62.9 Å². The molecule has 2 aromatic carbocycles. The minimum atomic E-state index is -0.684. The molecule has 0 radical (unpaired) electrons. The van der Waals surface area contributed by atoms with Gasteiger partial charge in [0, 0.05) is 4.47 Å². The lowest BCUT2D eigenvalue weighted by atomic mass is 10.3. The minimum Gasteiger partial charge on any atom is -0.450 e. The molecule has 4 nitrogen and oxygen atoms in total. The van der Waals surface area contributed by atoms with Crippen molar-refractivity contribution in [3.63, 3.8) is 0 Å². The van der Waals surface area contributed by atoms with Gasteiger partial charge in [-0.3, -0.25) is 10.1 Å². The fraction of sp³-hybridized carbons (Fsp3) is 0. The highest BCUT2D eigenvalue weighted by Gasteiger charge is 2.16. The zero-order valence-electron chi connectivity index (χ0n) is 8.97. The Hall–Kier alpha value is -1.95. The first-order chi connectivity index (χ1) is 8.56. The maximum Gasteiger partial charge on any atom is 0.314 e. The number of nitrogens with zero attached hydrogens (tertiary/aromatic N) is 1. The summed E-state index contributed by atoms with van der Waals surface area (Å²) < 4.78 is 19.1. The van der Waals surface area contributed by atoms with Crippen LogP contribution in [0.5, 0.6) is 11.5 Å². The van der Waals surface area contributed by atoms with Gasteiger partial charge >= 0.3 is 5.69 Å². The molecule has 0 saturated heterocycles. The van der Waals surface area contributed by atoms with E-state index in [0.29, 0.717) is 5.75 Å². The molecule has 0 atom stereocenters. The number of halogens is 2. The molecule has 0 aliphatic heterocycles. The molecular weight excluding hydrogens is 305 g/mol. The van der Waals surface area contributed by atoms with Gasteiger partial charge in [0.25, 0.3) is 0 Å². The first kappa shape index (κ1) is 12.5. The first-order valence-corrected chi connectivity index (χ1v) is 5.73. The Kier molecular flexibility index (Phi) is 3.57. The van der Waals surface area contributed by atoms with Gasteiger partial charge in [0.15, 0.2) is 0 Å². The van der Waals surface area contributed by atoms with Gasteiger partial charge in [-0.1, -0.05) is 22.0 Å². The quantitative estimate of drug-likeness (QED) is 0.627. The van der Waals surface area contributed by atoms with Crippen LogP contribution in [0, 0.1) is 15.9 Å². The van der Waals surface area contributed by atoms with Crippen LogP contribution in [0.3, 0.4) is 0 Å². The minimum absolute atomic E-state index is 0.000463. The maximum atomic E-state index is 12.9. The van der Waals surface area contributed by atoms with Crippen molar-refractivity contribution >= 4 is 21.6 Å². The van der Waals surface area contributed by atoms with Crippen LogP contribution < -0.4 is 4.74 Å². The van der Waals surface area contributed by atoms with E-state index in [1.54, 1.807) is 24.3 Å². The lowest BCUT2D eigenvalue weighted by Crippen LogP contribution is -1.94. The third-order valence-electron chi connectivity index (χ3n) is 2.14. The second-order valence-electron chi connectivity index (χ2n) is 3.43. The predicted molar refractivity (Wildman–Crippen MR) is 67.3 cm³/mol. The van der Waals surface area contributed by atoms with E-state index in [0.717, 1.165) is 16.6 Å². The molecule has 0 N–H and O–H groups in total. The SMILES string of the molecule is O=[N+]([O-])c1cc(F)ccc1Oc1cccc(Br)c1. The van der Waals surface area contributed by atoms with Gasteiger partial charge in [-0.25, -0.2) is 4.39 Å². The number of nitro benzene ring substituents is 1. The molecule has 0 amide bonds. The highest BCUT2D eigenvalue weighted by atomic mass is 79.9. The van der Waals surface area contributed by atoms with E-state index >= 15 is 0 Å². The Morgan fingerprint density at radius 1 is 1.22 bits per heavy atom. The topological polar surface area (TPSA) is 52.4 Å². The van der Waals surface area contributed by atoms with E-state index in [-0.39, 0.29) is 5.75 Å². The lowest BCUT2D eigenvalue weighted by molar-refractivity contribution is -0.385. The number of hydrogen-bond acceptors (Lipinski definition) is 3. The first-order valence-electron chi connectivity index (χ1n) is 4.93. The normalized spacial score (nSPS) is 10.1. The van der Waals surface area contributed by atoms with Crippen molar-refractivity contribution in [2.75, 3.05) is 0 Å². The predicted octanol–water partition coefficient (Wildman–Crippen LogP) is 4.29. The van der Waals surface area contributed by atoms with Crippen LogP contribution in [-0.2, 0) is 0 Å². The molecule has 0 aromatic heterocycles. The number of benzene rings is 2. The van der Waals surface area contributed by atoms with Gasteiger partial charge in [0.2, 0.25) is 5.75 Å². The highest BCUT2D eigenvalue weighted by molar-refractivity contribution is 9.10. The van der Waals surface area contributed by atoms with Crippen LogP contribution in [-0.4, -0.2) is 4.92 Å². The van der Waals surface area contributed by atoms with E-state index < -0.39 is 16.4 Å². The van der Waals surface area contributed by atoms with Crippen LogP contribution >= 0.6 is 15.9 Å². The molecule has 0 aliphatic rings. The van der Waals surface area contributed by atoms with Gasteiger partial charge in [0.05, 0.1) is 11.0 Å². The molecule has 0 unspecified atom stereocenters. The molecule has 2 aromatic rings. The molecule has 2 rings (SSSR count). The molecule has 0 aliphatic carbocycles. The van der Waals surface area contributed by atoms with Gasteiger partial charge in [-0.15, -0.1) is 0 Å². The van der Waals surface area contributed by atoms with Crippen molar-refractivity contribution in [1.82, 2.24) is 0 Å². The third kappa shape index (κ3) is 2.84. The standard InChI is InChI=1S/C12H7BrFNO3/c13-8-2-1-3-10(6-8)18-12-5-4-9(14)7-11(12)15(16)17/h1-7H. The Balaban J connectivity index is 2.37. The van der Waals surface area contributed by atoms with Crippen molar-refractivity contribution in [3.8, 4) is 11.5 Å². The van der Waals surface area contributed by atoms with Crippen LogP contribution in [0.15, 0.2) is 46.9 Å². The molecule has 0 bridgehead atoms. The Bertz CT molecular complexity index is 604. The van der Waals surface area contributed by atoms with Crippen LogP contribution in [0.2, 0.25) is 0 Å². The van der Waals surface area contributed by atoms with E-state index in [2.05, 4.69) is 15.9 Å². The van der Waals surface area contributed by atoms with E-state index in [4.69, 9.17) is 4.74 Å². The third-order valence-corrected chi connectivity index (χ3v) is 2.63. The van der Waals surface area contributed by atoms with Gasteiger partial charge in [-0.2, -0.15) is 0 Å². The Morgan fingerprint density at radius 3 is 2.67 bits per heavy atom. The fourth-order valence-corrected chi connectivity index (χ4v) is 1.76. The van der Waals surface area contributed by atoms with Gasteiger partial charge < -0.3 is 4.74 Å².